The van der Waals surface area contributed by atoms with E-state index in [-0.39, 0.29) is 11.4 Å². The van der Waals surface area contributed by atoms with E-state index in [0.29, 0.717) is 18.4 Å². The summed E-state index contributed by atoms with van der Waals surface area (Å²) in [5, 5.41) is 11.1. The number of ether oxygens (including phenoxy) is 1. The molecule has 0 saturated carbocycles. The number of halogens is 2. The van der Waals surface area contributed by atoms with Crippen LogP contribution in [0.3, 0.4) is 0 Å². The third-order valence-corrected chi connectivity index (χ3v) is 3.59. The third-order valence-electron chi connectivity index (χ3n) is 2.95. The first-order valence-corrected chi connectivity index (χ1v) is 7.43. The Balaban J connectivity index is 1.90. The molecule has 2 aromatic rings. The van der Waals surface area contributed by atoms with Crippen LogP contribution in [0, 0.1) is 15.9 Å². The highest BCUT2D eigenvalue weighted by Gasteiger charge is 2.06. The zero-order valence-electron chi connectivity index (χ0n) is 11.1. The number of non-ortho nitro benzene ring substituents is 1. The molecule has 0 aliphatic heterocycles. The quantitative estimate of drug-likeness (QED) is 0.443. The Bertz CT molecular complexity index is 631. The van der Waals surface area contributed by atoms with Crippen molar-refractivity contribution in [2.45, 2.75) is 11.8 Å². The van der Waals surface area contributed by atoms with Crippen molar-refractivity contribution >= 4 is 21.6 Å². The number of alkyl halides is 1. The molecule has 0 spiro atoms. The predicted molar refractivity (Wildman–Crippen MR) is 81.3 cm³/mol. The molecule has 0 aromatic heterocycles. The van der Waals surface area contributed by atoms with Gasteiger partial charge in [-0.05, 0) is 23.3 Å². The fraction of sp³-hybridized carbons (Fsp3) is 0.200. The van der Waals surface area contributed by atoms with Gasteiger partial charge in [0, 0.05) is 23.9 Å². The molecule has 0 heterocycles. The maximum absolute atomic E-state index is 13.7. The second-order valence-corrected chi connectivity index (χ2v) is 4.98. The maximum atomic E-state index is 13.7. The maximum Gasteiger partial charge on any atom is 0.269 e. The highest BCUT2D eigenvalue weighted by atomic mass is 79.9. The summed E-state index contributed by atoms with van der Waals surface area (Å²) in [6.07, 6.45) is 0.553. The smallest absolute Gasteiger partial charge is 0.269 e. The van der Waals surface area contributed by atoms with Gasteiger partial charge < -0.3 is 4.74 Å². The van der Waals surface area contributed by atoms with Crippen LogP contribution in [-0.4, -0.2) is 11.5 Å². The van der Waals surface area contributed by atoms with Crippen molar-refractivity contribution in [2.75, 3.05) is 6.61 Å². The van der Waals surface area contributed by atoms with Crippen molar-refractivity contribution in [3.8, 4) is 5.75 Å². The second kappa shape index (κ2) is 7.17. The number of nitro benzene ring substituents is 1. The van der Waals surface area contributed by atoms with Gasteiger partial charge in [0.2, 0.25) is 0 Å². The Morgan fingerprint density at radius 3 is 2.38 bits per heavy atom. The molecule has 0 bridgehead atoms. The fourth-order valence-electron chi connectivity index (χ4n) is 1.81. The van der Waals surface area contributed by atoms with Gasteiger partial charge in [-0.25, -0.2) is 4.39 Å². The first-order chi connectivity index (χ1) is 10.1. The summed E-state index contributed by atoms with van der Waals surface area (Å²) in [6.45, 7) is 0.308. The van der Waals surface area contributed by atoms with Gasteiger partial charge >= 0.3 is 0 Å². The summed E-state index contributed by atoms with van der Waals surface area (Å²) in [5.41, 5.74) is 1.80. The molecule has 0 aliphatic rings. The largest absolute Gasteiger partial charge is 0.490 e. The minimum absolute atomic E-state index is 0.0519. The number of nitrogens with zero attached hydrogens (tertiary/aromatic N) is 1. The highest BCUT2D eigenvalue weighted by Crippen LogP contribution is 2.20. The molecule has 21 heavy (non-hydrogen) atoms. The predicted octanol–water partition coefficient (Wildman–Crippen LogP) is 4.25. The van der Waals surface area contributed by atoms with Crippen LogP contribution < -0.4 is 4.74 Å². The van der Waals surface area contributed by atoms with Gasteiger partial charge in [0.15, 0.2) is 11.6 Å². The molecule has 0 aliphatic carbocycles. The number of nitro groups is 1. The topological polar surface area (TPSA) is 52.4 Å². The summed E-state index contributed by atoms with van der Waals surface area (Å²) in [4.78, 5) is 10.1. The molecule has 0 fully saturated rings. The molecular formula is C15H13BrFNO3. The van der Waals surface area contributed by atoms with Crippen LogP contribution >= 0.6 is 15.9 Å². The van der Waals surface area contributed by atoms with E-state index in [9.17, 15) is 14.5 Å². The van der Waals surface area contributed by atoms with E-state index in [1.807, 2.05) is 0 Å². The van der Waals surface area contributed by atoms with Crippen LogP contribution in [0.5, 0.6) is 5.75 Å². The molecule has 0 saturated heterocycles. The lowest BCUT2D eigenvalue weighted by molar-refractivity contribution is -0.384. The van der Waals surface area contributed by atoms with Crippen molar-refractivity contribution < 1.29 is 14.1 Å². The second-order valence-electron chi connectivity index (χ2n) is 4.42. The first-order valence-electron chi connectivity index (χ1n) is 6.30. The third kappa shape index (κ3) is 4.26. The van der Waals surface area contributed by atoms with E-state index < -0.39 is 10.7 Å². The molecular weight excluding hydrogens is 341 g/mol. The molecule has 0 unspecified atom stereocenters. The summed E-state index contributed by atoms with van der Waals surface area (Å²) in [6, 6.07) is 11.1. The van der Waals surface area contributed by atoms with Gasteiger partial charge in [-0.1, -0.05) is 34.1 Å². The molecule has 6 heteroatoms. The molecule has 2 aromatic carbocycles. The lowest BCUT2D eigenvalue weighted by Gasteiger charge is -2.08. The van der Waals surface area contributed by atoms with Crippen molar-refractivity contribution in [3.63, 3.8) is 0 Å². The molecule has 0 atom stereocenters. The van der Waals surface area contributed by atoms with E-state index in [1.54, 1.807) is 24.3 Å². The SMILES string of the molecule is O=[N+]([O-])c1ccc(CCOc2ccc(CBr)cc2F)cc1. The normalized spacial score (nSPS) is 10.4. The van der Waals surface area contributed by atoms with E-state index in [4.69, 9.17) is 4.74 Å². The van der Waals surface area contributed by atoms with Crippen molar-refractivity contribution in [3.05, 3.63) is 69.5 Å². The van der Waals surface area contributed by atoms with Crippen LogP contribution in [0.4, 0.5) is 10.1 Å². The zero-order valence-corrected chi connectivity index (χ0v) is 12.7. The standard InChI is InChI=1S/C15H13BrFNO3/c16-10-12-3-6-15(14(17)9-12)21-8-7-11-1-4-13(5-2-11)18(19)20/h1-6,9H,7-8,10H2. The van der Waals surface area contributed by atoms with Crippen LogP contribution in [0.2, 0.25) is 0 Å². The molecule has 110 valence electrons. The molecule has 0 radical (unpaired) electrons. The van der Waals surface area contributed by atoms with E-state index >= 15 is 0 Å². The summed E-state index contributed by atoms with van der Waals surface area (Å²) in [7, 11) is 0. The highest BCUT2D eigenvalue weighted by molar-refractivity contribution is 9.08. The number of rotatable bonds is 6. The average molecular weight is 354 g/mol. The minimum Gasteiger partial charge on any atom is -0.490 e. The molecule has 2 rings (SSSR count). The lowest BCUT2D eigenvalue weighted by Crippen LogP contribution is -2.03. The molecule has 0 N–H and O–H groups in total. The Morgan fingerprint density at radius 2 is 1.81 bits per heavy atom. The Hall–Kier alpha value is -1.95. The van der Waals surface area contributed by atoms with Crippen LogP contribution in [0.15, 0.2) is 42.5 Å². The van der Waals surface area contributed by atoms with Crippen LogP contribution in [-0.2, 0) is 11.8 Å². The summed E-state index contributed by atoms with van der Waals surface area (Å²) >= 11 is 3.26. The van der Waals surface area contributed by atoms with Crippen molar-refractivity contribution in [2.24, 2.45) is 0 Å². The lowest BCUT2D eigenvalue weighted by atomic mass is 10.1. The van der Waals surface area contributed by atoms with Gasteiger partial charge in [-0.15, -0.1) is 0 Å². The monoisotopic (exact) mass is 353 g/mol. The summed E-state index contributed by atoms with van der Waals surface area (Å²) in [5.74, 6) is -0.183. The Labute approximate surface area is 129 Å². The van der Waals surface area contributed by atoms with Crippen LogP contribution in [0.25, 0.3) is 0 Å². The Kier molecular flexibility index (Phi) is 5.27. The number of hydrogen-bond donors (Lipinski definition) is 0. The van der Waals surface area contributed by atoms with Gasteiger partial charge in [-0.2, -0.15) is 0 Å². The zero-order chi connectivity index (χ0) is 15.2. The van der Waals surface area contributed by atoms with E-state index in [2.05, 4.69) is 15.9 Å². The van der Waals surface area contributed by atoms with Crippen LogP contribution in [0.1, 0.15) is 11.1 Å². The molecule has 0 amide bonds. The minimum atomic E-state index is -0.443. The fourth-order valence-corrected chi connectivity index (χ4v) is 2.16. The van der Waals surface area contributed by atoms with E-state index in [1.165, 1.54) is 18.2 Å². The summed E-state index contributed by atoms with van der Waals surface area (Å²) < 4.78 is 19.1. The van der Waals surface area contributed by atoms with E-state index in [0.717, 1.165) is 11.1 Å². The van der Waals surface area contributed by atoms with Crippen molar-refractivity contribution in [1.29, 1.82) is 0 Å². The van der Waals surface area contributed by atoms with Gasteiger partial charge in [0.05, 0.1) is 11.5 Å². The number of hydrogen-bond acceptors (Lipinski definition) is 3. The number of benzene rings is 2. The first kappa shape index (κ1) is 15.4. The van der Waals surface area contributed by atoms with Gasteiger partial charge in [-0.3, -0.25) is 10.1 Å². The molecule has 4 nitrogen and oxygen atoms in total. The van der Waals surface area contributed by atoms with Gasteiger partial charge in [0.25, 0.3) is 5.69 Å². The van der Waals surface area contributed by atoms with Crippen molar-refractivity contribution in [1.82, 2.24) is 0 Å². The van der Waals surface area contributed by atoms with Gasteiger partial charge in [0.1, 0.15) is 0 Å². The Morgan fingerprint density at radius 1 is 1.14 bits per heavy atom. The average Bonchev–Trinajstić information content (AvgIpc) is 2.49.